The monoisotopic (exact) mass is 306 g/mol. The number of hydrogen-bond acceptors (Lipinski definition) is 4. The summed E-state index contributed by atoms with van der Waals surface area (Å²) in [7, 11) is -3.20. The molecule has 0 saturated carbocycles. The predicted molar refractivity (Wildman–Crippen MR) is 73.7 cm³/mol. The highest BCUT2D eigenvalue weighted by Crippen LogP contribution is 2.13. The quantitative estimate of drug-likeness (QED) is 0.698. The Morgan fingerprint density at radius 1 is 1.25 bits per heavy atom. The second-order valence-corrected chi connectivity index (χ2v) is 6.97. The summed E-state index contributed by atoms with van der Waals surface area (Å²) in [5, 5.41) is 8.51. The Bertz CT molecular complexity index is 441. The number of carbonyl (C=O) groups excluding carboxylic acids is 1. The molecule has 0 aromatic carbocycles. The van der Waals surface area contributed by atoms with E-state index in [1.165, 1.54) is 0 Å². The van der Waals surface area contributed by atoms with Crippen molar-refractivity contribution in [1.29, 1.82) is 0 Å². The van der Waals surface area contributed by atoms with Gasteiger partial charge in [-0.2, -0.15) is 0 Å². The van der Waals surface area contributed by atoms with Gasteiger partial charge in [-0.25, -0.2) is 13.1 Å². The van der Waals surface area contributed by atoms with Crippen molar-refractivity contribution < 1.29 is 23.1 Å². The van der Waals surface area contributed by atoms with Gasteiger partial charge in [0.05, 0.1) is 5.75 Å². The molecule has 1 heterocycles. The van der Waals surface area contributed by atoms with Crippen LogP contribution in [0.3, 0.4) is 0 Å². The minimum absolute atomic E-state index is 0.00148. The number of nitrogens with one attached hydrogen (secondary N) is 1. The second kappa shape index (κ2) is 7.58. The number of sulfonamides is 1. The van der Waals surface area contributed by atoms with Gasteiger partial charge >= 0.3 is 5.97 Å². The number of hydrogen-bond donors (Lipinski definition) is 2. The van der Waals surface area contributed by atoms with Gasteiger partial charge in [0, 0.05) is 32.0 Å². The van der Waals surface area contributed by atoms with Gasteiger partial charge in [-0.3, -0.25) is 9.59 Å². The van der Waals surface area contributed by atoms with E-state index in [-0.39, 0.29) is 30.5 Å². The first-order chi connectivity index (χ1) is 9.34. The SMILES string of the molecule is CCS(=O)(=O)NC1CCN(C(=O)CCCC(=O)O)CC1. The molecule has 116 valence electrons. The Hall–Kier alpha value is -1.15. The molecule has 0 atom stereocenters. The first kappa shape index (κ1) is 16.9. The molecule has 1 aliphatic rings. The van der Waals surface area contributed by atoms with E-state index in [2.05, 4.69) is 4.72 Å². The number of carboxylic acid groups (broad SMARTS) is 1. The number of nitrogens with zero attached hydrogens (tertiary/aromatic N) is 1. The van der Waals surface area contributed by atoms with Crippen LogP contribution in [-0.4, -0.2) is 55.2 Å². The number of likely N-dealkylation sites (tertiary alicyclic amines) is 1. The number of piperidine rings is 1. The highest BCUT2D eigenvalue weighted by atomic mass is 32.2. The molecule has 0 aliphatic carbocycles. The van der Waals surface area contributed by atoms with Gasteiger partial charge in [0.15, 0.2) is 0 Å². The van der Waals surface area contributed by atoms with Gasteiger partial charge in [0.2, 0.25) is 15.9 Å². The third kappa shape index (κ3) is 5.87. The maximum absolute atomic E-state index is 11.8. The lowest BCUT2D eigenvalue weighted by molar-refractivity contribution is -0.137. The fourth-order valence-electron chi connectivity index (χ4n) is 2.13. The van der Waals surface area contributed by atoms with Crippen LogP contribution in [0, 0.1) is 0 Å². The fourth-order valence-corrected chi connectivity index (χ4v) is 3.04. The minimum atomic E-state index is -3.20. The molecule has 1 aliphatic heterocycles. The van der Waals surface area contributed by atoms with Crippen molar-refractivity contribution in [3.8, 4) is 0 Å². The fraction of sp³-hybridized carbons (Fsp3) is 0.833. The maximum atomic E-state index is 11.8. The van der Waals surface area contributed by atoms with E-state index in [0.717, 1.165) is 0 Å². The molecule has 0 spiro atoms. The summed E-state index contributed by atoms with van der Waals surface area (Å²) in [6, 6.07) is -0.108. The lowest BCUT2D eigenvalue weighted by atomic mass is 10.1. The summed E-state index contributed by atoms with van der Waals surface area (Å²) in [4.78, 5) is 23.9. The average molecular weight is 306 g/mol. The Morgan fingerprint density at radius 2 is 1.85 bits per heavy atom. The van der Waals surface area contributed by atoms with Crippen molar-refractivity contribution in [3.63, 3.8) is 0 Å². The van der Waals surface area contributed by atoms with Gasteiger partial charge in [0.25, 0.3) is 0 Å². The van der Waals surface area contributed by atoms with Crippen molar-refractivity contribution >= 4 is 21.9 Å². The van der Waals surface area contributed by atoms with Crippen LogP contribution in [0.15, 0.2) is 0 Å². The molecular formula is C12H22N2O5S. The predicted octanol–water partition coefficient (Wildman–Crippen LogP) is 0.172. The lowest BCUT2D eigenvalue weighted by Crippen LogP contribution is -2.46. The van der Waals surface area contributed by atoms with E-state index < -0.39 is 16.0 Å². The van der Waals surface area contributed by atoms with Crippen LogP contribution in [0.4, 0.5) is 0 Å². The van der Waals surface area contributed by atoms with Gasteiger partial charge in [0.1, 0.15) is 0 Å². The average Bonchev–Trinajstić information content (AvgIpc) is 2.38. The lowest BCUT2D eigenvalue weighted by Gasteiger charge is -2.32. The Morgan fingerprint density at radius 3 is 2.35 bits per heavy atom. The standard InChI is InChI=1S/C12H22N2O5S/c1-2-20(18,19)13-10-6-8-14(9-7-10)11(15)4-3-5-12(16)17/h10,13H,2-9H2,1H3,(H,16,17). The molecular weight excluding hydrogens is 284 g/mol. The molecule has 20 heavy (non-hydrogen) atoms. The highest BCUT2D eigenvalue weighted by Gasteiger charge is 2.24. The van der Waals surface area contributed by atoms with Crippen LogP contribution in [0.1, 0.15) is 39.0 Å². The topological polar surface area (TPSA) is 104 Å². The Labute approximate surface area is 119 Å². The Kier molecular flexibility index (Phi) is 6.41. The van der Waals surface area contributed by atoms with Crippen LogP contribution in [0.5, 0.6) is 0 Å². The molecule has 2 N–H and O–H groups in total. The zero-order valence-electron chi connectivity index (χ0n) is 11.7. The van der Waals surface area contributed by atoms with Crippen molar-refractivity contribution in [2.75, 3.05) is 18.8 Å². The van der Waals surface area contributed by atoms with Gasteiger partial charge in [-0.05, 0) is 26.2 Å². The van der Waals surface area contributed by atoms with Crippen molar-refractivity contribution in [2.24, 2.45) is 0 Å². The number of rotatable bonds is 7. The van der Waals surface area contributed by atoms with Crippen LogP contribution in [0.2, 0.25) is 0 Å². The van der Waals surface area contributed by atoms with Crippen LogP contribution in [0.25, 0.3) is 0 Å². The maximum Gasteiger partial charge on any atom is 0.303 e. The molecule has 0 unspecified atom stereocenters. The first-order valence-corrected chi connectivity index (χ1v) is 8.49. The molecule has 1 rings (SSSR count). The largest absolute Gasteiger partial charge is 0.481 e. The summed E-state index contributed by atoms with van der Waals surface area (Å²) in [5.74, 6) is -0.894. The van der Waals surface area contributed by atoms with Crippen molar-refractivity contribution in [1.82, 2.24) is 9.62 Å². The van der Waals surface area contributed by atoms with Crippen LogP contribution in [-0.2, 0) is 19.6 Å². The minimum Gasteiger partial charge on any atom is -0.481 e. The molecule has 1 fully saturated rings. The first-order valence-electron chi connectivity index (χ1n) is 6.83. The van der Waals surface area contributed by atoms with E-state index in [4.69, 9.17) is 5.11 Å². The number of carboxylic acids is 1. The number of carbonyl (C=O) groups is 2. The molecule has 7 nitrogen and oxygen atoms in total. The molecule has 1 saturated heterocycles. The highest BCUT2D eigenvalue weighted by molar-refractivity contribution is 7.89. The van der Waals surface area contributed by atoms with E-state index in [1.54, 1.807) is 11.8 Å². The number of amides is 1. The number of aliphatic carboxylic acids is 1. The third-order valence-corrected chi connectivity index (χ3v) is 4.81. The van der Waals surface area contributed by atoms with E-state index in [0.29, 0.717) is 32.4 Å². The van der Waals surface area contributed by atoms with Gasteiger partial charge < -0.3 is 10.0 Å². The molecule has 0 radical (unpaired) electrons. The van der Waals surface area contributed by atoms with E-state index in [1.807, 2.05) is 0 Å². The second-order valence-electron chi connectivity index (χ2n) is 4.92. The van der Waals surface area contributed by atoms with E-state index in [9.17, 15) is 18.0 Å². The molecule has 8 heteroatoms. The van der Waals surface area contributed by atoms with Crippen LogP contribution >= 0.6 is 0 Å². The zero-order chi connectivity index (χ0) is 15.2. The zero-order valence-corrected chi connectivity index (χ0v) is 12.5. The third-order valence-electron chi connectivity index (χ3n) is 3.36. The van der Waals surface area contributed by atoms with Gasteiger partial charge in [-0.15, -0.1) is 0 Å². The van der Waals surface area contributed by atoms with Crippen molar-refractivity contribution in [2.45, 2.75) is 45.1 Å². The summed E-state index contributed by atoms with van der Waals surface area (Å²) in [6.07, 6.45) is 1.78. The summed E-state index contributed by atoms with van der Waals surface area (Å²) in [6.45, 7) is 2.62. The summed E-state index contributed by atoms with van der Waals surface area (Å²) < 4.78 is 25.5. The summed E-state index contributed by atoms with van der Waals surface area (Å²) in [5.41, 5.74) is 0. The normalized spacial score (nSPS) is 17.1. The van der Waals surface area contributed by atoms with Crippen molar-refractivity contribution in [3.05, 3.63) is 0 Å². The smallest absolute Gasteiger partial charge is 0.303 e. The summed E-state index contributed by atoms with van der Waals surface area (Å²) >= 11 is 0. The Balaban J connectivity index is 2.31. The molecule has 1 amide bonds. The molecule has 0 bridgehead atoms. The van der Waals surface area contributed by atoms with Gasteiger partial charge in [-0.1, -0.05) is 0 Å². The molecule has 0 aromatic heterocycles. The van der Waals surface area contributed by atoms with E-state index >= 15 is 0 Å². The molecule has 0 aromatic rings. The van der Waals surface area contributed by atoms with Crippen LogP contribution < -0.4 is 4.72 Å².